The minimum atomic E-state index is 0.0965. The Hall–Kier alpha value is -3.79. The first-order chi connectivity index (χ1) is 15.8. The Morgan fingerprint density at radius 3 is 2.19 bits per heavy atom. The highest BCUT2D eigenvalue weighted by Crippen LogP contribution is 2.26. The summed E-state index contributed by atoms with van der Waals surface area (Å²) in [5.74, 6) is 0.971. The van der Waals surface area contributed by atoms with Gasteiger partial charge in [-0.1, -0.05) is 66.7 Å². The van der Waals surface area contributed by atoms with Gasteiger partial charge in [-0.15, -0.1) is 0 Å². The van der Waals surface area contributed by atoms with Crippen LogP contribution in [-0.4, -0.2) is 37.0 Å². The van der Waals surface area contributed by atoms with Crippen LogP contribution in [0.2, 0.25) is 0 Å². The number of nitrogens with zero attached hydrogens (tertiary/aromatic N) is 2. The van der Waals surface area contributed by atoms with Crippen molar-refractivity contribution in [3.05, 3.63) is 108 Å². The molecule has 1 heterocycles. The fourth-order valence-corrected chi connectivity index (χ4v) is 4.22. The number of carbonyl (C=O) groups is 1. The van der Waals surface area contributed by atoms with Gasteiger partial charge in [0.25, 0.3) is 5.91 Å². The molecule has 0 atom stereocenters. The molecule has 160 valence electrons. The van der Waals surface area contributed by atoms with Crippen LogP contribution in [0, 0.1) is 0 Å². The second-order valence-corrected chi connectivity index (χ2v) is 8.08. The van der Waals surface area contributed by atoms with Crippen LogP contribution >= 0.6 is 0 Å². The molecule has 0 saturated carbocycles. The maximum absolute atomic E-state index is 13.0. The SMILES string of the molecule is O=C(c1ccc(COc2cccc3ccccc23)cc1)N1CCN(c2ccccc2)CC1. The lowest BCUT2D eigenvalue weighted by Crippen LogP contribution is -2.48. The van der Waals surface area contributed by atoms with E-state index in [0.29, 0.717) is 6.61 Å². The van der Waals surface area contributed by atoms with E-state index in [0.717, 1.165) is 48.4 Å². The topological polar surface area (TPSA) is 32.8 Å². The molecule has 4 aromatic rings. The number of hydrogen-bond donors (Lipinski definition) is 0. The molecule has 0 spiro atoms. The molecule has 0 aliphatic carbocycles. The van der Waals surface area contributed by atoms with Gasteiger partial charge in [-0.3, -0.25) is 4.79 Å². The van der Waals surface area contributed by atoms with Crippen molar-refractivity contribution in [2.45, 2.75) is 6.61 Å². The first-order valence-corrected chi connectivity index (χ1v) is 11.1. The summed E-state index contributed by atoms with van der Waals surface area (Å²) in [4.78, 5) is 17.2. The number of para-hydroxylation sites is 1. The first-order valence-electron chi connectivity index (χ1n) is 11.1. The Balaban J connectivity index is 1.19. The Morgan fingerprint density at radius 1 is 0.719 bits per heavy atom. The summed E-state index contributed by atoms with van der Waals surface area (Å²) in [6.45, 7) is 3.65. The summed E-state index contributed by atoms with van der Waals surface area (Å²) in [7, 11) is 0. The van der Waals surface area contributed by atoms with Gasteiger partial charge in [0.1, 0.15) is 12.4 Å². The summed E-state index contributed by atoms with van der Waals surface area (Å²) in [5, 5.41) is 2.27. The van der Waals surface area contributed by atoms with E-state index in [9.17, 15) is 4.79 Å². The van der Waals surface area contributed by atoms with Crippen molar-refractivity contribution in [3.63, 3.8) is 0 Å². The highest BCUT2D eigenvalue weighted by Gasteiger charge is 2.22. The molecule has 5 rings (SSSR count). The standard InChI is InChI=1S/C28H26N2O2/c31-28(30-19-17-29(18-20-30)25-9-2-1-3-10-25)24-15-13-22(14-16-24)21-32-27-12-6-8-23-7-4-5-11-26(23)27/h1-16H,17-21H2. The number of rotatable bonds is 5. The molecule has 32 heavy (non-hydrogen) atoms. The molecule has 4 aromatic carbocycles. The zero-order chi connectivity index (χ0) is 21.8. The van der Waals surface area contributed by atoms with E-state index in [1.165, 1.54) is 11.1 Å². The highest BCUT2D eigenvalue weighted by atomic mass is 16.5. The maximum Gasteiger partial charge on any atom is 0.253 e. The largest absolute Gasteiger partial charge is 0.488 e. The lowest BCUT2D eigenvalue weighted by molar-refractivity contribution is 0.0746. The Kier molecular flexibility index (Phi) is 5.75. The van der Waals surface area contributed by atoms with Crippen molar-refractivity contribution in [2.75, 3.05) is 31.1 Å². The van der Waals surface area contributed by atoms with Gasteiger partial charge in [0, 0.05) is 42.8 Å². The molecule has 0 bridgehead atoms. The van der Waals surface area contributed by atoms with Crippen molar-refractivity contribution in [1.29, 1.82) is 0 Å². The Bertz CT molecular complexity index is 1190. The number of anilines is 1. The van der Waals surface area contributed by atoms with Gasteiger partial charge in [0.15, 0.2) is 0 Å². The summed E-state index contributed by atoms with van der Waals surface area (Å²) < 4.78 is 6.07. The van der Waals surface area contributed by atoms with Crippen molar-refractivity contribution >= 4 is 22.4 Å². The summed E-state index contributed by atoms with van der Waals surface area (Å²) in [6.07, 6.45) is 0. The van der Waals surface area contributed by atoms with Gasteiger partial charge < -0.3 is 14.5 Å². The van der Waals surface area contributed by atoms with Gasteiger partial charge >= 0.3 is 0 Å². The smallest absolute Gasteiger partial charge is 0.253 e. The number of benzene rings is 4. The summed E-state index contributed by atoms with van der Waals surface area (Å²) in [5.41, 5.74) is 2.99. The quantitative estimate of drug-likeness (QED) is 0.433. The lowest BCUT2D eigenvalue weighted by atomic mass is 10.1. The van der Waals surface area contributed by atoms with E-state index in [-0.39, 0.29) is 5.91 Å². The van der Waals surface area contributed by atoms with Gasteiger partial charge in [0.05, 0.1) is 0 Å². The van der Waals surface area contributed by atoms with E-state index in [4.69, 9.17) is 4.74 Å². The van der Waals surface area contributed by atoms with Crippen LogP contribution in [0.4, 0.5) is 5.69 Å². The monoisotopic (exact) mass is 422 g/mol. The average molecular weight is 423 g/mol. The minimum Gasteiger partial charge on any atom is -0.488 e. The molecule has 0 unspecified atom stereocenters. The summed E-state index contributed by atoms with van der Waals surface area (Å²) in [6, 6.07) is 32.5. The number of carbonyl (C=O) groups excluding carboxylic acids is 1. The number of ether oxygens (including phenoxy) is 1. The molecule has 1 aliphatic rings. The van der Waals surface area contributed by atoms with Crippen LogP contribution in [0.1, 0.15) is 15.9 Å². The molecule has 0 radical (unpaired) electrons. The Morgan fingerprint density at radius 2 is 1.41 bits per heavy atom. The number of piperazine rings is 1. The van der Waals surface area contributed by atoms with Gasteiger partial charge in [-0.05, 0) is 41.3 Å². The van der Waals surface area contributed by atoms with Crippen LogP contribution in [-0.2, 0) is 6.61 Å². The molecule has 1 aliphatic heterocycles. The third kappa shape index (κ3) is 4.30. The Labute approximate surface area is 188 Å². The molecule has 0 aromatic heterocycles. The van der Waals surface area contributed by atoms with Crippen LogP contribution in [0.5, 0.6) is 5.75 Å². The molecule has 1 amide bonds. The van der Waals surface area contributed by atoms with E-state index < -0.39 is 0 Å². The van der Waals surface area contributed by atoms with E-state index in [1.54, 1.807) is 0 Å². The lowest BCUT2D eigenvalue weighted by Gasteiger charge is -2.36. The number of amides is 1. The molecular weight excluding hydrogens is 396 g/mol. The van der Waals surface area contributed by atoms with Crippen molar-refractivity contribution in [2.24, 2.45) is 0 Å². The fraction of sp³-hybridized carbons (Fsp3) is 0.179. The molecule has 1 fully saturated rings. The second-order valence-electron chi connectivity index (χ2n) is 8.08. The second kappa shape index (κ2) is 9.15. The van der Waals surface area contributed by atoms with Gasteiger partial charge in [-0.25, -0.2) is 0 Å². The predicted octanol–water partition coefficient (Wildman–Crippen LogP) is 5.38. The molecule has 4 heteroatoms. The molecule has 1 saturated heterocycles. The maximum atomic E-state index is 13.0. The van der Waals surface area contributed by atoms with E-state index in [2.05, 4.69) is 47.4 Å². The van der Waals surface area contributed by atoms with Crippen molar-refractivity contribution < 1.29 is 9.53 Å². The minimum absolute atomic E-state index is 0.0965. The van der Waals surface area contributed by atoms with Crippen molar-refractivity contribution in [3.8, 4) is 5.75 Å². The third-order valence-electron chi connectivity index (χ3n) is 6.03. The van der Waals surface area contributed by atoms with Crippen LogP contribution in [0.15, 0.2) is 97.1 Å². The highest BCUT2D eigenvalue weighted by molar-refractivity contribution is 5.94. The van der Waals surface area contributed by atoms with Crippen LogP contribution in [0.25, 0.3) is 10.8 Å². The number of hydrogen-bond acceptors (Lipinski definition) is 3. The van der Waals surface area contributed by atoms with E-state index in [1.807, 2.05) is 59.5 Å². The zero-order valence-electron chi connectivity index (χ0n) is 18.0. The van der Waals surface area contributed by atoms with Crippen LogP contribution < -0.4 is 9.64 Å². The molecule has 4 nitrogen and oxygen atoms in total. The average Bonchev–Trinajstić information content (AvgIpc) is 2.88. The third-order valence-corrected chi connectivity index (χ3v) is 6.03. The first kappa shape index (κ1) is 20.1. The zero-order valence-corrected chi connectivity index (χ0v) is 18.0. The van der Waals surface area contributed by atoms with Crippen molar-refractivity contribution in [1.82, 2.24) is 4.90 Å². The summed E-state index contributed by atoms with van der Waals surface area (Å²) >= 11 is 0. The normalized spacial score (nSPS) is 13.9. The predicted molar refractivity (Wildman–Crippen MR) is 129 cm³/mol. The van der Waals surface area contributed by atoms with Gasteiger partial charge in [-0.2, -0.15) is 0 Å². The number of fused-ring (bicyclic) bond motifs is 1. The van der Waals surface area contributed by atoms with E-state index >= 15 is 0 Å². The fourth-order valence-electron chi connectivity index (χ4n) is 4.22. The molecular formula is C28H26N2O2. The van der Waals surface area contributed by atoms with Gasteiger partial charge in [0.2, 0.25) is 0 Å². The van der Waals surface area contributed by atoms with Crippen LogP contribution in [0.3, 0.4) is 0 Å². The molecule has 0 N–H and O–H groups in total.